The molecule has 0 bridgehead atoms. The van der Waals surface area contributed by atoms with Crippen molar-refractivity contribution in [3.63, 3.8) is 0 Å². The topological polar surface area (TPSA) is 128 Å². The fraction of sp³-hybridized carbons (Fsp3) is 0.304. The van der Waals surface area contributed by atoms with E-state index in [4.69, 9.17) is 25.5 Å². The van der Waals surface area contributed by atoms with E-state index in [0.717, 1.165) is 4.90 Å². The fourth-order valence-electron chi connectivity index (χ4n) is 3.51. The monoisotopic (exact) mass is 503 g/mol. The van der Waals surface area contributed by atoms with Gasteiger partial charge in [-0.05, 0) is 36.4 Å². The van der Waals surface area contributed by atoms with Crippen LogP contribution < -0.4 is 10.1 Å². The minimum Gasteiger partial charge on any atom is -0.483 e. The van der Waals surface area contributed by atoms with Gasteiger partial charge in [0.15, 0.2) is 6.61 Å². The molecule has 0 saturated carbocycles. The number of urea groups is 1. The molecule has 11 nitrogen and oxygen atoms in total. The summed E-state index contributed by atoms with van der Waals surface area (Å²) in [6, 6.07) is 6.93. The number of nitrogens with zero attached hydrogens (tertiary/aromatic N) is 2. The van der Waals surface area contributed by atoms with Crippen molar-refractivity contribution < 1.29 is 37.8 Å². The van der Waals surface area contributed by atoms with Crippen LogP contribution in [0.2, 0.25) is 5.02 Å². The molecule has 2 aromatic rings. The molecular formula is C23H22ClN3O8. The molecule has 3 heterocycles. The van der Waals surface area contributed by atoms with E-state index in [-0.39, 0.29) is 36.3 Å². The Morgan fingerprint density at radius 1 is 1.17 bits per heavy atom. The number of furan rings is 1. The second-order valence-corrected chi connectivity index (χ2v) is 8.04. The molecule has 0 unspecified atom stereocenters. The smallest absolute Gasteiger partial charge is 0.373 e. The first-order valence-corrected chi connectivity index (χ1v) is 11.0. The summed E-state index contributed by atoms with van der Waals surface area (Å²) in [6.45, 7) is 1.55. The van der Waals surface area contributed by atoms with Crippen molar-refractivity contribution in [2.75, 3.05) is 40.0 Å². The summed E-state index contributed by atoms with van der Waals surface area (Å²) in [6.07, 6.45) is 1.42. The minimum absolute atomic E-state index is 0.0126. The van der Waals surface area contributed by atoms with Crippen molar-refractivity contribution in [2.24, 2.45) is 0 Å². The van der Waals surface area contributed by atoms with Gasteiger partial charge in [-0.2, -0.15) is 0 Å². The number of nitrogens with one attached hydrogen (secondary N) is 1. The summed E-state index contributed by atoms with van der Waals surface area (Å²) in [7, 11) is 1.21. The van der Waals surface area contributed by atoms with Crippen LogP contribution in [0.3, 0.4) is 0 Å². The van der Waals surface area contributed by atoms with Crippen LogP contribution in [0.4, 0.5) is 4.79 Å². The number of morpholine rings is 1. The number of ether oxygens (including phenoxy) is 3. The van der Waals surface area contributed by atoms with Crippen molar-refractivity contribution in [3.05, 3.63) is 58.1 Å². The lowest BCUT2D eigenvalue weighted by Gasteiger charge is -2.26. The Morgan fingerprint density at radius 2 is 1.94 bits per heavy atom. The molecule has 1 N–H and O–H groups in total. The average Bonchev–Trinajstić information content (AvgIpc) is 3.44. The fourth-order valence-corrected chi connectivity index (χ4v) is 3.69. The van der Waals surface area contributed by atoms with Crippen LogP contribution in [0.25, 0.3) is 6.08 Å². The Hall–Kier alpha value is -3.83. The van der Waals surface area contributed by atoms with Gasteiger partial charge in [-0.25, -0.2) is 9.59 Å². The first-order chi connectivity index (χ1) is 16.9. The van der Waals surface area contributed by atoms with E-state index in [1.54, 1.807) is 23.1 Å². The van der Waals surface area contributed by atoms with Gasteiger partial charge in [0.05, 0.1) is 26.9 Å². The van der Waals surface area contributed by atoms with Gasteiger partial charge in [0.1, 0.15) is 17.2 Å². The number of methoxy groups -OCH3 is 1. The quantitative estimate of drug-likeness (QED) is 0.345. The largest absolute Gasteiger partial charge is 0.483 e. The number of hydrogen-bond donors (Lipinski definition) is 1. The van der Waals surface area contributed by atoms with Crippen LogP contribution in [0, 0.1) is 0 Å². The normalized spacial score (nSPS) is 17.0. The van der Waals surface area contributed by atoms with Crippen molar-refractivity contribution in [1.82, 2.24) is 15.1 Å². The minimum atomic E-state index is -0.672. The first-order valence-electron chi connectivity index (χ1n) is 10.6. The summed E-state index contributed by atoms with van der Waals surface area (Å²) in [5.74, 6) is -0.974. The number of hydrogen-bond acceptors (Lipinski definition) is 8. The van der Waals surface area contributed by atoms with Crippen molar-refractivity contribution in [3.8, 4) is 5.75 Å². The number of carbonyl (C=O) groups excluding carboxylic acids is 4. The highest BCUT2D eigenvalue weighted by Crippen LogP contribution is 2.27. The van der Waals surface area contributed by atoms with Crippen LogP contribution in [0.5, 0.6) is 5.75 Å². The molecule has 4 amide bonds. The van der Waals surface area contributed by atoms with Gasteiger partial charge in [0, 0.05) is 23.7 Å². The van der Waals surface area contributed by atoms with E-state index in [1.165, 1.54) is 25.3 Å². The number of rotatable bonds is 7. The van der Waals surface area contributed by atoms with Crippen LogP contribution in [-0.4, -0.2) is 73.6 Å². The van der Waals surface area contributed by atoms with E-state index in [9.17, 15) is 19.2 Å². The Morgan fingerprint density at radius 3 is 2.69 bits per heavy atom. The van der Waals surface area contributed by atoms with Crippen molar-refractivity contribution in [2.45, 2.75) is 6.54 Å². The summed E-state index contributed by atoms with van der Waals surface area (Å²) in [4.78, 5) is 51.9. The Balaban J connectivity index is 1.47. The van der Waals surface area contributed by atoms with Crippen molar-refractivity contribution in [1.29, 1.82) is 0 Å². The summed E-state index contributed by atoms with van der Waals surface area (Å²) in [5.41, 5.74) is 0.394. The van der Waals surface area contributed by atoms with E-state index in [0.29, 0.717) is 42.6 Å². The molecule has 0 spiro atoms. The molecule has 0 atom stereocenters. The average molecular weight is 504 g/mol. The van der Waals surface area contributed by atoms with Gasteiger partial charge < -0.3 is 28.8 Å². The van der Waals surface area contributed by atoms with E-state index >= 15 is 0 Å². The SMILES string of the molecule is COC(=O)c1ccc(CN2C(=O)N/C(=C\c3cc(Cl)ccc3OCC(=O)N3CCOCC3)C2=O)o1. The van der Waals surface area contributed by atoms with Gasteiger partial charge in [-0.3, -0.25) is 14.5 Å². The Labute approximate surface area is 205 Å². The summed E-state index contributed by atoms with van der Waals surface area (Å²) >= 11 is 6.12. The maximum atomic E-state index is 12.9. The molecule has 2 aliphatic rings. The highest BCUT2D eigenvalue weighted by atomic mass is 35.5. The molecule has 2 fully saturated rings. The molecule has 0 aliphatic carbocycles. The third kappa shape index (κ3) is 5.64. The third-order valence-electron chi connectivity index (χ3n) is 5.31. The third-order valence-corrected chi connectivity index (χ3v) is 5.55. The molecule has 1 aromatic carbocycles. The molecule has 0 radical (unpaired) electrons. The second kappa shape index (κ2) is 10.6. The predicted octanol–water partition coefficient (Wildman–Crippen LogP) is 2.05. The Kier molecular flexibility index (Phi) is 7.37. The number of benzene rings is 1. The maximum absolute atomic E-state index is 12.9. The van der Waals surface area contributed by atoms with Gasteiger partial charge in [0.25, 0.3) is 11.8 Å². The first kappa shape index (κ1) is 24.3. The van der Waals surface area contributed by atoms with Crippen LogP contribution in [-0.2, 0) is 25.6 Å². The zero-order valence-electron chi connectivity index (χ0n) is 18.7. The number of halogens is 1. The molecule has 12 heteroatoms. The molecule has 184 valence electrons. The molecule has 2 aliphatic heterocycles. The lowest BCUT2D eigenvalue weighted by Crippen LogP contribution is -2.43. The van der Waals surface area contributed by atoms with Gasteiger partial charge >= 0.3 is 12.0 Å². The second-order valence-electron chi connectivity index (χ2n) is 7.60. The van der Waals surface area contributed by atoms with Gasteiger partial charge in [-0.15, -0.1) is 0 Å². The van der Waals surface area contributed by atoms with Crippen LogP contribution >= 0.6 is 11.6 Å². The molecular weight excluding hydrogens is 482 g/mol. The highest BCUT2D eigenvalue weighted by molar-refractivity contribution is 6.30. The molecule has 2 saturated heterocycles. The van der Waals surface area contributed by atoms with Gasteiger partial charge in [-0.1, -0.05) is 11.6 Å². The van der Waals surface area contributed by atoms with Gasteiger partial charge in [0.2, 0.25) is 5.76 Å². The standard InChI is InChI=1S/C23H22ClN3O8/c1-32-22(30)19-5-3-16(35-19)12-27-21(29)17(25-23(27)31)11-14-10-15(24)2-4-18(14)34-13-20(28)26-6-8-33-9-7-26/h2-5,10-11H,6-9,12-13H2,1H3,(H,25,31)/b17-11-. The number of carbonyl (C=O) groups is 4. The zero-order chi connectivity index (χ0) is 24.9. The number of amides is 4. The lowest BCUT2D eigenvalue weighted by molar-refractivity contribution is -0.137. The van der Waals surface area contributed by atoms with E-state index in [1.807, 2.05) is 0 Å². The van der Waals surface area contributed by atoms with Crippen LogP contribution in [0.1, 0.15) is 21.9 Å². The maximum Gasteiger partial charge on any atom is 0.373 e. The molecule has 35 heavy (non-hydrogen) atoms. The van der Waals surface area contributed by atoms with Crippen molar-refractivity contribution >= 4 is 41.5 Å². The Bertz CT molecular complexity index is 1190. The highest BCUT2D eigenvalue weighted by Gasteiger charge is 2.34. The molecule has 1 aromatic heterocycles. The number of esters is 1. The zero-order valence-corrected chi connectivity index (χ0v) is 19.5. The number of imide groups is 1. The summed E-state index contributed by atoms with van der Waals surface area (Å²) in [5, 5.41) is 2.88. The lowest BCUT2D eigenvalue weighted by atomic mass is 10.1. The predicted molar refractivity (Wildman–Crippen MR) is 121 cm³/mol. The summed E-state index contributed by atoms with van der Waals surface area (Å²) < 4.78 is 20.9. The van der Waals surface area contributed by atoms with E-state index < -0.39 is 17.9 Å². The van der Waals surface area contributed by atoms with Crippen LogP contribution in [0.15, 0.2) is 40.4 Å². The molecule has 4 rings (SSSR count). The van der Waals surface area contributed by atoms with E-state index in [2.05, 4.69) is 10.1 Å².